The molecule has 0 atom stereocenters. The molecule has 0 amide bonds. The molecule has 118 heavy (non-hydrogen) atoms. The summed E-state index contributed by atoms with van der Waals surface area (Å²) < 4.78 is 4.75. The van der Waals surface area contributed by atoms with E-state index >= 15 is 0 Å². The number of hydrogen-bond donors (Lipinski definition) is 0. The van der Waals surface area contributed by atoms with Crippen LogP contribution in [-0.2, 0) is 0 Å². The van der Waals surface area contributed by atoms with E-state index in [-0.39, 0.29) is 0 Å². The van der Waals surface area contributed by atoms with E-state index in [1.807, 2.05) is 0 Å². The van der Waals surface area contributed by atoms with E-state index in [2.05, 4.69) is 442 Å². The van der Waals surface area contributed by atoms with Gasteiger partial charge in [-0.3, -0.25) is 0 Å². The van der Waals surface area contributed by atoms with Crippen molar-refractivity contribution >= 4 is 86.7 Å². The summed E-state index contributed by atoms with van der Waals surface area (Å²) in [6.07, 6.45) is 0. The number of hydrogen-bond acceptors (Lipinski definition) is 0. The summed E-state index contributed by atoms with van der Waals surface area (Å²) in [7, 11) is 0. The van der Waals surface area contributed by atoms with Gasteiger partial charge in [0.2, 0.25) is 0 Å². The lowest BCUT2D eigenvalue weighted by molar-refractivity contribution is 1.18. The third-order valence-corrected chi connectivity index (χ3v) is 25.9. The third kappa shape index (κ3) is 12.3. The molecule has 0 saturated heterocycles. The van der Waals surface area contributed by atoms with Crippen molar-refractivity contribution in [2.75, 3.05) is 0 Å². The lowest BCUT2D eigenvalue weighted by Crippen LogP contribution is -2.03. The van der Waals surface area contributed by atoms with Gasteiger partial charge in [0.15, 0.2) is 0 Å². The van der Waals surface area contributed by atoms with E-state index in [4.69, 9.17) is 0 Å². The van der Waals surface area contributed by atoms with Crippen molar-refractivity contribution in [1.29, 1.82) is 0 Å². The van der Waals surface area contributed by atoms with Gasteiger partial charge in [0.1, 0.15) is 0 Å². The zero-order valence-electron chi connectivity index (χ0n) is 68.5. The van der Waals surface area contributed by atoms with Gasteiger partial charge in [-0.25, -0.2) is 0 Å². The third-order valence-electron chi connectivity index (χ3n) is 25.9. The molecule has 0 aliphatic rings. The van der Waals surface area contributed by atoms with Gasteiger partial charge in [0.25, 0.3) is 0 Å². The number of rotatable bonds is 11. The molecule has 0 N–H and O–H groups in total. The minimum atomic E-state index is 1.17. The van der Waals surface area contributed by atoms with Crippen LogP contribution in [0.25, 0.3) is 198 Å². The topological polar surface area (TPSA) is 9.86 Å². The summed E-state index contributed by atoms with van der Waals surface area (Å²) in [4.78, 5) is 0. The quantitative estimate of drug-likeness (QED) is 0.114. The molecule has 0 fully saturated rings. The molecule has 0 spiro atoms. The number of fused-ring (bicyclic) bond motifs is 10. The first-order valence-corrected chi connectivity index (χ1v) is 41.4. The Kier molecular flexibility index (Phi) is 18.2. The van der Waals surface area contributed by atoms with Crippen LogP contribution in [0.15, 0.2) is 364 Å². The standard InChI is InChI=1S/C64H45N.C52H45N/c1-42-38-43(2)40-53(39-42)49-26-22-45(23-27-49)47-30-34-51(35-31-47)64-58-17-8-6-15-56(58)63(57-16-7-9-18-59(57)64)50-32-28-46(29-33-50)44-20-24-48(25-21-44)52-36-37-62-60(41-52)55-14-10-11-19-61(55)65(62)54-12-4-3-5-13-54;1-30-32(3)36(7)49-47(34(30)5)51(39-17-11-9-12-18-39)48-35(6)31(2)33(4)37(8)50(48)52(49)40-25-23-38(24-26-40)41-27-28-46-44(29-41)43-21-15-16-22-45(43)53(46)42-19-13-10-14-20-42/h3-41H,1-2H3;9-29H,1-8H3. The number of aromatic nitrogens is 2. The van der Waals surface area contributed by atoms with Crippen LogP contribution in [0.5, 0.6) is 0 Å². The monoisotopic (exact) mass is 1510 g/mol. The van der Waals surface area contributed by atoms with Gasteiger partial charge in [-0.15, -0.1) is 0 Å². The fourth-order valence-corrected chi connectivity index (χ4v) is 19.4. The van der Waals surface area contributed by atoms with E-state index in [1.54, 1.807) is 0 Å². The second-order valence-electron chi connectivity index (χ2n) is 32.6. The molecule has 0 saturated carbocycles. The molecular formula is C116H90N2. The molecule has 21 rings (SSSR count). The van der Waals surface area contributed by atoms with Crippen molar-refractivity contribution in [2.45, 2.75) is 69.2 Å². The highest BCUT2D eigenvalue weighted by Crippen LogP contribution is 2.52. The van der Waals surface area contributed by atoms with Crippen LogP contribution in [0.4, 0.5) is 0 Å². The van der Waals surface area contributed by atoms with Gasteiger partial charge >= 0.3 is 0 Å². The summed E-state index contributed by atoms with van der Waals surface area (Å²) in [6.45, 7) is 22.9. The average Bonchev–Trinajstić information content (AvgIpc) is 0.752. The summed E-state index contributed by atoms with van der Waals surface area (Å²) in [6, 6.07) is 134. The minimum Gasteiger partial charge on any atom is -0.309 e. The van der Waals surface area contributed by atoms with Crippen LogP contribution < -0.4 is 0 Å². The average molecular weight is 1510 g/mol. The summed E-state index contributed by atoms with van der Waals surface area (Å²) in [5.41, 5.74) is 43.3. The molecule has 19 aromatic carbocycles. The van der Waals surface area contributed by atoms with Crippen LogP contribution in [-0.4, -0.2) is 9.13 Å². The molecule has 0 bridgehead atoms. The summed E-state index contributed by atoms with van der Waals surface area (Å²) in [5, 5.41) is 15.6. The van der Waals surface area contributed by atoms with Crippen LogP contribution in [0.2, 0.25) is 0 Å². The van der Waals surface area contributed by atoms with Crippen molar-refractivity contribution in [1.82, 2.24) is 9.13 Å². The van der Waals surface area contributed by atoms with Crippen LogP contribution in [0, 0.1) is 69.2 Å². The van der Waals surface area contributed by atoms with Crippen LogP contribution in [0.1, 0.15) is 55.6 Å². The van der Waals surface area contributed by atoms with Crippen molar-refractivity contribution in [2.24, 2.45) is 0 Å². The molecule has 0 aliphatic carbocycles. The van der Waals surface area contributed by atoms with Gasteiger partial charge < -0.3 is 9.13 Å². The Morgan fingerprint density at radius 1 is 0.144 bits per heavy atom. The fourth-order valence-electron chi connectivity index (χ4n) is 19.4. The highest BCUT2D eigenvalue weighted by Gasteiger charge is 2.27. The molecule has 0 radical (unpaired) electrons. The summed E-state index contributed by atoms with van der Waals surface area (Å²) >= 11 is 0. The first kappa shape index (κ1) is 72.8. The maximum Gasteiger partial charge on any atom is 0.0541 e. The van der Waals surface area contributed by atoms with E-state index < -0.39 is 0 Å². The van der Waals surface area contributed by atoms with Gasteiger partial charge in [-0.05, 0) is 318 Å². The van der Waals surface area contributed by atoms with Gasteiger partial charge in [-0.2, -0.15) is 0 Å². The zero-order valence-corrected chi connectivity index (χ0v) is 68.5. The van der Waals surface area contributed by atoms with Gasteiger partial charge in [-0.1, -0.05) is 314 Å². The molecule has 2 aromatic heterocycles. The van der Waals surface area contributed by atoms with Crippen LogP contribution in [0.3, 0.4) is 0 Å². The Morgan fingerprint density at radius 2 is 0.373 bits per heavy atom. The Balaban J connectivity index is 0.000000155. The van der Waals surface area contributed by atoms with Crippen molar-refractivity contribution < 1.29 is 0 Å². The second-order valence-corrected chi connectivity index (χ2v) is 32.6. The first-order valence-electron chi connectivity index (χ1n) is 41.4. The smallest absolute Gasteiger partial charge is 0.0541 e. The molecule has 564 valence electrons. The van der Waals surface area contributed by atoms with Crippen LogP contribution >= 0.6 is 0 Å². The predicted molar refractivity (Wildman–Crippen MR) is 508 cm³/mol. The van der Waals surface area contributed by atoms with E-state index in [0.717, 1.165) is 0 Å². The predicted octanol–water partition coefficient (Wildman–Crippen LogP) is 32.3. The zero-order chi connectivity index (χ0) is 80.1. The number of nitrogens with zero attached hydrogens (tertiary/aromatic N) is 2. The number of para-hydroxylation sites is 4. The van der Waals surface area contributed by atoms with E-state index in [0.29, 0.717) is 0 Å². The van der Waals surface area contributed by atoms with Crippen molar-refractivity contribution in [3.8, 4) is 112 Å². The summed E-state index contributed by atoms with van der Waals surface area (Å²) in [5.74, 6) is 0. The lowest BCUT2D eigenvalue weighted by Gasteiger charge is -2.27. The van der Waals surface area contributed by atoms with Crippen molar-refractivity contribution in [3.63, 3.8) is 0 Å². The first-order chi connectivity index (χ1) is 57.7. The maximum absolute atomic E-state index is 2.38. The Morgan fingerprint density at radius 3 is 0.695 bits per heavy atom. The Bertz CT molecular complexity index is 7390. The highest BCUT2D eigenvalue weighted by atomic mass is 15.0. The largest absolute Gasteiger partial charge is 0.309 e. The van der Waals surface area contributed by atoms with Gasteiger partial charge in [0, 0.05) is 32.9 Å². The molecule has 2 nitrogen and oxygen atoms in total. The van der Waals surface area contributed by atoms with E-state index in [9.17, 15) is 0 Å². The molecule has 2 heterocycles. The number of benzene rings is 19. The molecule has 0 aliphatic heterocycles. The second kappa shape index (κ2) is 29.6. The normalized spacial score (nSPS) is 11.6. The minimum absolute atomic E-state index is 1.17. The van der Waals surface area contributed by atoms with E-state index in [1.165, 1.54) is 254 Å². The highest BCUT2D eigenvalue weighted by molar-refractivity contribution is 6.26. The SMILES string of the molecule is Cc1c(C)c(C)c2c(-c3ccc(-c4ccc5c(c4)c4ccccc4n5-c4ccccc4)cc3)c3c(C)c(C)c(C)c(C)c3c(-c3ccccc3)c2c1C.Cc1cc(C)cc(-c2ccc(-c3ccc(-c4c5ccccc5c(-c5ccc(-c6ccc(-c7ccc8c(c7)c7ccccc7n8-c7ccccc7)cc6)cc5)c5ccccc45)cc3)cc2)c1. The van der Waals surface area contributed by atoms with Crippen molar-refractivity contribution in [3.05, 3.63) is 420 Å². The molecule has 21 aromatic rings. The van der Waals surface area contributed by atoms with Gasteiger partial charge in [0.05, 0.1) is 22.1 Å². The Hall–Kier alpha value is -14.2. The molecule has 0 unspecified atom stereocenters. The maximum atomic E-state index is 2.38. The Labute approximate surface area is 691 Å². The molecule has 2 heteroatoms. The lowest BCUT2D eigenvalue weighted by atomic mass is 9.76. The fraction of sp³-hybridized carbons (Fsp3) is 0.0862. The number of aryl methyl sites for hydroxylation is 6. The molecular weight excluding hydrogens is 1420 g/mol.